The third kappa shape index (κ3) is 6.77. The Hall–Kier alpha value is -3.48. The summed E-state index contributed by atoms with van der Waals surface area (Å²) in [5.41, 5.74) is 1.87. The Morgan fingerprint density at radius 3 is 1.97 bits per heavy atom. The summed E-state index contributed by atoms with van der Waals surface area (Å²) in [6, 6.07) is 14.1. The number of nitrogens with one attached hydrogen (secondary N) is 2. The first-order chi connectivity index (χ1) is 14.7. The van der Waals surface area contributed by atoms with Crippen LogP contribution in [0.3, 0.4) is 0 Å². The van der Waals surface area contributed by atoms with Crippen LogP contribution in [0.2, 0.25) is 0 Å². The standard InChI is InChI=1S/C24H28N2O5/c1-15(2)21(25-16(3)27)23(29)26-20(24(30)31-4)14-17-10-12-19(13-11-17)22(28)18-8-6-5-7-9-18/h5-13,15,20-21H,14H2,1-4H3,(H,25,27)(H,26,29)/t20-,21-/m1/s1. The fourth-order valence-corrected chi connectivity index (χ4v) is 3.14. The zero-order valence-electron chi connectivity index (χ0n) is 18.2. The molecule has 0 bridgehead atoms. The van der Waals surface area contributed by atoms with Gasteiger partial charge in [0.2, 0.25) is 11.8 Å². The molecule has 2 atom stereocenters. The second kappa shape index (κ2) is 11.1. The number of amides is 2. The molecule has 2 N–H and O–H groups in total. The summed E-state index contributed by atoms with van der Waals surface area (Å²) in [5, 5.41) is 5.27. The van der Waals surface area contributed by atoms with Gasteiger partial charge in [-0.3, -0.25) is 14.4 Å². The number of rotatable bonds is 9. The molecule has 7 heteroatoms. The summed E-state index contributed by atoms with van der Waals surface area (Å²) < 4.78 is 4.83. The van der Waals surface area contributed by atoms with E-state index in [4.69, 9.17) is 4.74 Å². The highest BCUT2D eigenvalue weighted by Crippen LogP contribution is 2.13. The van der Waals surface area contributed by atoms with Crippen molar-refractivity contribution in [1.82, 2.24) is 10.6 Å². The summed E-state index contributed by atoms with van der Waals surface area (Å²) in [4.78, 5) is 48.9. The number of ketones is 1. The molecule has 0 heterocycles. The minimum absolute atomic E-state index is 0.0972. The molecule has 2 aromatic rings. The molecule has 7 nitrogen and oxygen atoms in total. The van der Waals surface area contributed by atoms with Gasteiger partial charge in [0.25, 0.3) is 0 Å². The minimum Gasteiger partial charge on any atom is -0.467 e. The van der Waals surface area contributed by atoms with Gasteiger partial charge in [-0.05, 0) is 11.5 Å². The van der Waals surface area contributed by atoms with Gasteiger partial charge in [0, 0.05) is 24.5 Å². The monoisotopic (exact) mass is 424 g/mol. The Labute approximate surface area is 182 Å². The van der Waals surface area contributed by atoms with E-state index in [1.807, 2.05) is 6.07 Å². The van der Waals surface area contributed by atoms with Gasteiger partial charge in [-0.1, -0.05) is 68.4 Å². The van der Waals surface area contributed by atoms with Crippen molar-refractivity contribution in [3.05, 3.63) is 71.3 Å². The Morgan fingerprint density at radius 2 is 1.45 bits per heavy atom. The first-order valence-corrected chi connectivity index (χ1v) is 10.1. The van der Waals surface area contributed by atoms with Crippen LogP contribution in [0.25, 0.3) is 0 Å². The van der Waals surface area contributed by atoms with E-state index in [0.29, 0.717) is 11.1 Å². The van der Waals surface area contributed by atoms with E-state index in [1.165, 1.54) is 14.0 Å². The first kappa shape index (κ1) is 23.8. The molecular weight excluding hydrogens is 396 g/mol. The van der Waals surface area contributed by atoms with E-state index >= 15 is 0 Å². The molecule has 0 radical (unpaired) electrons. The van der Waals surface area contributed by atoms with Gasteiger partial charge in [-0.25, -0.2) is 4.79 Å². The Morgan fingerprint density at radius 1 is 0.871 bits per heavy atom. The molecule has 0 aliphatic rings. The fourth-order valence-electron chi connectivity index (χ4n) is 3.14. The zero-order valence-corrected chi connectivity index (χ0v) is 18.2. The van der Waals surface area contributed by atoms with Crippen molar-refractivity contribution < 1.29 is 23.9 Å². The van der Waals surface area contributed by atoms with E-state index in [2.05, 4.69) is 10.6 Å². The van der Waals surface area contributed by atoms with Gasteiger partial charge in [0.05, 0.1) is 7.11 Å². The number of hydrogen-bond acceptors (Lipinski definition) is 5. The summed E-state index contributed by atoms with van der Waals surface area (Å²) >= 11 is 0. The maximum atomic E-state index is 12.7. The van der Waals surface area contributed by atoms with Crippen molar-refractivity contribution in [2.24, 2.45) is 5.92 Å². The molecule has 0 aromatic heterocycles. The van der Waals surface area contributed by atoms with Gasteiger partial charge in [0.1, 0.15) is 12.1 Å². The molecule has 0 saturated carbocycles. The molecule has 2 aromatic carbocycles. The molecular formula is C24H28N2O5. The van der Waals surface area contributed by atoms with Crippen LogP contribution in [0.15, 0.2) is 54.6 Å². The van der Waals surface area contributed by atoms with Crippen LogP contribution in [-0.4, -0.2) is 42.8 Å². The summed E-state index contributed by atoms with van der Waals surface area (Å²) in [6.07, 6.45) is 0.184. The van der Waals surface area contributed by atoms with Gasteiger partial charge in [-0.2, -0.15) is 0 Å². The lowest BCUT2D eigenvalue weighted by Crippen LogP contribution is -2.54. The van der Waals surface area contributed by atoms with Crippen molar-refractivity contribution in [2.45, 2.75) is 39.3 Å². The molecule has 2 rings (SSSR count). The molecule has 164 valence electrons. The third-order valence-electron chi connectivity index (χ3n) is 4.80. The molecule has 0 unspecified atom stereocenters. The molecule has 0 fully saturated rings. The van der Waals surface area contributed by atoms with Crippen LogP contribution in [-0.2, 0) is 25.5 Å². The van der Waals surface area contributed by atoms with Crippen molar-refractivity contribution >= 4 is 23.6 Å². The maximum Gasteiger partial charge on any atom is 0.328 e. The lowest BCUT2D eigenvalue weighted by atomic mass is 9.99. The average molecular weight is 424 g/mol. The van der Waals surface area contributed by atoms with Gasteiger partial charge in [0.15, 0.2) is 5.78 Å². The number of carbonyl (C=O) groups is 4. The van der Waals surface area contributed by atoms with Crippen LogP contribution in [0.4, 0.5) is 0 Å². The predicted octanol–water partition coefficient (Wildman–Crippen LogP) is 2.28. The molecule has 31 heavy (non-hydrogen) atoms. The summed E-state index contributed by atoms with van der Waals surface area (Å²) in [5.74, 6) is -1.65. The van der Waals surface area contributed by atoms with E-state index in [1.54, 1.807) is 62.4 Å². The lowest BCUT2D eigenvalue weighted by Gasteiger charge is -2.24. The Kier molecular flexibility index (Phi) is 8.49. The summed E-state index contributed by atoms with van der Waals surface area (Å²) in [7, 11) is 1.25. The van der Waals surface area contributed by atoms with Crippen molar-refractivity contribution in [2.75, 3.05) is 7.11 Å². The number of carbonyl (C=O) groups excluding carboxylic acids is 4. The van der Waals surface area contributed by atoms with Gasteiger partial charge < -0.3 is 15.4 Å². The maximum absolute atomic E-state index is 12.7. The second-order valence-electron chi connectivity index (χ2n) is 7.60. The van der Waals surface area contributed by atoms with E-state index < -0.39 is 24.0 Å². The van der Waals surface area contributed by atoms with Crippen LogP contribution in [0.1, 0.15) is 42.3 Å². The fraction of sp³-hybridized carbons (Fsp3) is 0.333. The molecule has 0 aliphatic carbocycles. The predicted molar refractivity (Wildman–Crippen MR) is 116 cm³/mol. The molecule has 0 saturated heterocycles. The van der Waals surface area contributed by atoms with Crippen molar-refractivity contribution in [3.63, 3.8) is 0 Å². The van der Waals surface area contributed by atoms with Crippen LogP contribution in [0.5, 0.6) is 0 Å². The topological polar surface area (TPSA) is 102 Å². The number of hydrogen-bond donors (Lipinski definition) is 2. The quantitative estimate of drug-likeness (QED) is 0.475. The first-order valence-electron chi connectivity index (χ1n) is 10.1. The highest BCUT2D eigenvalue weighted by atomic mass is 16.5. The van der Waals surface area contributed by atoms with Crippen molar-refractivity contribution in [3.8, 4) is 0 Å². The largest absolute Gasteiger partial charge is 0.467 e. The number of methoxy groups -OCH3 is 1. The van der Waals surface area contributed by atoms with E-state index in [0.717, 1.165) is 5.56 Å². The smallest absolute Gasteiger partial charge is 0.328 e. The highest BCUT2D eigenvalue weighted by Gasteiger charge is 2.28. The normalized spacial score (nSPS) is 12.5. The number of benzene rings is 2. The van der Waals surface area contributed by atoms with Crippen molar-refractivity contribution in [1.29, 1.82) is 0 Å². The molecule has 2 amide bonds. The van der Waals surface area contributed by atoms with Crippen LogP contribution in [0, 0.1) is 5.92 Å². The van der Waals surface area contributed by atoms with Gasteiger partial charge in [-0.15, -0.1) is 0 Å². The molecule has 0 aliphatic heterocycles. The zero-order chi connectivity index (χ0) is 23.0. The highest BCUT2D eigenvalue weighted by molar-refractivity contribution is 6.08. The van der Waals surface area contributed by atoms with Crippen LogP contribution < -0.4 is 10.6 Å². The Balaban J connectivity index is 2.13. The van der Waals surface area contributed by atoms with Gasteiger partial charge >= 0.3 is 5.97 Å². The lowest BCUT2D eigenvalue weighted by molar-refractivity contribution is -0.145. The molecule has 0 spiro atoms. The number of ether oxygens (including phenoxy) is 1. The average Bonchev–Trinajstić information content (AvgIpc) is 2.76. The van der Waals surface area contributed by atoms with Crippen LogP contribution >= 0.6 is 0 Å². The minimum atomic E-state index is -0.928. The second-order valence-corrected chi connectivity index (χ2v) is 7.60. The van der Waals surface area contributed by atoms with E-state index in [9.17, 15) is 19.2 Å². The summed E-state index contributed by atoms with van der Waals surface area (Å²) in [6.45, 7) is 4.93. The SMILES string of the molecule is COC(=O)[C@@H](Cc1ccc(C(=O)c2ccccc2)cc1)NC(=O)[C@H](NC(C)=O)C(C)C. The third-order valence-corrected chi connectivity index (χ3v) is 4.80. The Bertz CT molecular complexity index is 923. The number of esters is 1. The van der Waals surface area contributed by atoms with E-state index in [-0.39, 0.29) is 24.0 Å².